The number of benzene rings is 1. The molecule has 0 bridgehead atoms. The Labute approximate surface area is 164 Å². The van der Waals surface area contributed by atoms with Crippen molar-refractivity contribution >= 4 is 29.1 Å². The molecule has 1 aliphatic rings. The van der Waals surface area contributed by atoms with Crippen LogP contribution in [0, 0.1) is 0 Å². The summed E-state index contributed by atoms with van der Waals surface area (Å²) in [5, 5.41) is 6.13. The zero-order valence-electron chi connectivity index (χ0n) is 15.5. The van der Waals surface area contributed by atoms with Gasteiger partial charge in [0, 0.05) is 31.5 Å². The van der Waals surface area contributed by atoms with E-state index in [1.165, 1.54) is 12.8 Å². The topological polar surface area (TPSA) is 66.5 Å². The predicted molar refractivity (Wildman–Crippen MR) is 109 cm³/mol. The average molecular weight is 389 g/mol. The summed E-state index contributed by atoms with van der Waals surface area (Å²) in [6.45, 7) is 5.16. The monoisotopic (exact) mass is 388 g/mol. The Kier molecular flexibility index (Phi) is 6.76. The SMILES string of the molecule is CCCOc1ccc(NC(=O)NCc2ccnc(N3CCCC3)c2)cc1Cl. The first kappa shape index (κ1) is 19.3. The van der Waals surface area contributed by atoms with Crippen molar-refractivity contribution in [3.05, 3.63) is 47.1 Å². The molecule has 1 fully saturated rings. The van der Waals surface area contributed by atoms with Crippen LogP contribution in [0.25, 0.3) is 0 Å². The van der Waals surface area contributed by atoms with Gasteiger partial charge in [0.15, 0.2) is 0 Å². The maximum Gasteiger partial charge on any atom is 0.319 e. The molecular weight excluding hydrogens is 364 g/mol. The van der Waals surface area contributed by atoms with Crippen molar-refractivity contribution in [1.82, 2.24) is 10.3 Å². The van der Waals surface area contributed by atoms with Crippen LogP contribution < -0.4 is 20.3 Å². The van der Waals surface area contributed by atoms with Crippen LogP contribution in [0.4, 0.5) is 16.3 Å². The van der Waals surface area contributed by atoms with E-state index in [9.17, 15) is 4.79 Å². The molecule has 1 aromatic carbocycles. The van der Waals surface area contributed by atoms with Gasteiger partial charge in [0.05, 0.1) is 11.6 Å². The molecule has 1 aliphatic heterocycles. The first-order valence-electron chi connectivity index (χ1n) is 9.33. The Hall–Kier alpha value is -2.47. The van der Waals surface area contributed by atoms with Crippen molar-refractivity contribution in [2.24, 2.45) is 0 Å². The fourth-order valence-electron chi connectivity index (χ4n) is 2.95. The Morgan fingerprint density at radius 3 is 2.81 bits per heavy atom. The Bertz CT molecular complexity index is 778. The highest BCUT2D eigenvalue weighted by atomic mass is 35.5. The van der Waals surface area contributed by atoms with Gasteiger partial charge >= 0.3 is 6.03 Å². The summed E-state index contributed by atoms with van der Waals surface area (Å²) in [7, 11) is 0. The molecule has 6 nitrogen and oxygen atoms in total. The van der Waals surface area contributed by atoms with E-state index in [0.717, 1.165) is 30.9 Å². The van der Waals surface area contributed by atoms with E-state index in [-0.39, 0.29) is 6.03 Å². The third kappa shape index (κ3) is 5.50. The fourth-order valence-corrected chi connectivity index (χ4v) is 3.19. The number of carbonyl (C=O) groups is 1. The highest BCUT2D eigenvalue weighted by Gasteiger charge is 2.13. The Morgan fingerprint density at radius 1 is 1.26 bits per heavy atom. The molecule has 3 rings (SSSR count). The van der Waals surface area contributed by atoms with Crippen LogP contribution in [-0.4, -0.2) is 30.7 Å². The second kappa shape index (κ2) is 9.46. The minimum atomic E-state index is -0.284. The number of nitrogens with one attached hydrogen (secondary N) is 2. The first-order valence-corrected chi connectivity index (χ1v) is 9.70. The van der Waals surface area contributed by atoms with Gasteiger partial charge in [0.2, 0.25) is 0 Å². The van der Waals surface area contributed by atoms with E-state index in [0.29, 0.717) is 29.6 Å². The molecular formula is C20H25ClN4O2. The number of amides is 2. The summed E-state index contributed by atoms with van der Waals surface area (Å²) in [6.07, 6.45) is 5.11. The molecule has 2 aromatic rings. The lowest BCUT2D eigenvalue weighted by atomic mass is 10.2. The number of anilines is 2. The standard InChI is InChI=1S/C20H25ClN4O2/c1-2-11-27-18-6-5-16(13-17(18)21)24-20(26)23-14-15-7-8-22-19(12-15)25-9-3-4-10-25/h5-8,12-13H,2-4,9-11,14H2,1H3,(H2,23,24,26). The number of halogens is 1. The second-order valence-corrected chi connectivity index (χ2v) is 6.92. The van der Waals surface area contributed by atoms with Crippen molar-refractivity contribution in [2.75, 3.05) is 29.9 Å². The molecule has 0 unspecified atom stereocenters. The van der Waals surface area contributed by atoms with E-state index in [4.69, 9.17) is 16.3 Å². The highest BCUT2D eigenvalue weighted by molar-refractivity contribution is 6.32. The third-order valence-electron chi connectivity index (χ3n) is 4.34. The van der Waals surface area contributed by atoms with Crippen LogP contribution in [0.2, 0.25) is 5.02 Å². The predicted octanol–water partition coefficient (Wildman–Crippen LogP) is 4.45. The third-order valence-corrected chi connectivity index (χ3v) is 4.64. The van der Waals surface area contributed by atoms with Crippen molar-refractivity contribution < 1.29 is 9.53 Å². The molecule has 2 N–H and O–H groups in total. The molecule has 0 atom stereocenters. The van der Waals surface area contributed by atoms with Crippen LogP contribution in [0.3, 0.4) is 0 Å². The van der Waals surface area contributed by atoms with Crippen molar-refractivity contribution in [2.45, 2.75) is 32.7 Å². The van der Waals surface area contributed by atoms with Gasteiger partial charge in [-0.05, 0) is 55.2 Å². The van der Waals surface area contributed by atoms with Crippen LogP contribution >= 0.6 is 11.6 Å². The number of nitrogens with zero attached hydrogens (tertiary/aromatic N) is 2. The number of hydrogen-bond acceptors (Lipinski definition) is 4. The van der Waals surface area contributed by atoms with Gasteiger partial charge in [-0.15, -0.1) is 0 Å². The molecule has 1 saturated heterocycles. The lowest BCUT2D eigenvalue weighted by molar-refractivity contribution is 0.251. The Morgan fingerprint density at radius 2 is 2.07 bits per heavy atom. The molecule has 7 heteroatoms. The summed E-state index contributed by atoms with van der Waals surface area (Å²) in [5.74, 6) is 1.59. The summed E-state index contributed by atoms with van der Waals surface area (Å²) in [4.78, 5) is 18.9. The largest absolute Gasteiger partial charge is 0.492 e. The lowest BCUT2D eigenvalue weighted by Crippen LogP contribution is -2.28. The molecule has 0 aliphatic carbocycles. The molecule has 0 saturated carbocycles. The van der Waals surface area contributed by atoms with Crippen LogP contribution in [-0.2, 0) is 6.54 Å². The summed E-state index contributed by atoms with van der Waals surface area (Å²) in [6, 6.07) is 8.88. The van der Waals surface area contributed by atoms with E-state index < -0.39 is 0 Å². The van der Waals surface area contributed by atoms with Crippen molar-refractivity contribution in [3.8, 4) is 5.75 Å². The first-order chi connectivity index (χ1) is 13.2. The second-order valence-electron chi connectivity index (χ2n) is 6.52. The number of ether oxygens (including phenoxy) is 1. The number of hydrogen-bond donors (Lipinski definition) is 2. The van der Waals surface area contributed by atoms with Gasteiger partial charge in [0.1, 0.15) is 11.6 Å². The zero-order chi connectivity index (χ0) is 19.1. The van der Waals surface area contributed by atoms with E-state index >= 15 is 0 Å². The minimum absolute atomic E-state index is 0.284. The number of aromatic nitrogens is 1. The number of urea groups is 1. The molecule has 2 amide bonds. The fraction of sp³-hybridized carbons (Fsp3) is 0.400. The van der Waals surface area contributed by atoms with Gasteiger partial charge in [-0.25, -0.2) is 9.78 Å². The summed E-state index contributed by atoms with van der Waals surface area (Å²) < 4.78 is 5.53. The van der Waals surface area contributed by atoms with Gasteiger partial charge in [0.25, 0.3) is 0 Å². The van der Waals surface area contributed by atoms with Crippen LogP contribution in [0.1, 0.15) is 31.7 Å². The molecule has 0 spiro atoms. The van der Waals surface area contributed by atoms with Gasteiger partial charge in [-0.3, -0.25) is 0 Å². The molecule has 1 aromatic heterocycles. The van der Waals surface area contributed by atoms with Gasteiger partial charge < -0.3 is 20.3 Å². The van der Waals surface area contributed by atoms with E-state index in [2.05, 4.69) is 20.5 Å². The lowest BCUT2D eigenvalue weighted by Gasteiger charge is -2.17. The van der Waals surface area contributed by atoms with Crippen LogP contribution in [0.15, 0.2) is 36.5 Å². The van der Waals surface area contributed by atoms with Crippen molar-refractivity contribution in [3.63, 3.8) is 0 Å². The van der Waals surface area contributed by atoms with Crippen molar-refractivity contribution in [1.29, 1.82) is 0 Å². The quantitative estimate of drug-likeness (QED) is 0.735. The molecule has 27 heavy (non-hydrogen) atoms. The smallest absolute Gasteiger partial charge is 0.319 e. The summed E-state index contributed by atoms with van der Waals surface area (Å²) in [5.41, 5.74) is 1.64. The normalized spacial score (nSPS) is 13.5. The van der Waals surface area contributed by atoms with E-state index in [1.807, 2.05) is 19.1 Å². The zero-order valence-corrected chi connectivity index (χ0v) is 16.3. The van der Waals surface area contributed by atoms with Gasteiger partial charge in [-0.1, -0.05) is 18.5 Å². The molecule has 2 heterocycles. The minimum Gasteiger partial charge on any atom is -0.492 e. The van der Waals surface area contributed by atoms with E-state index in [1.54, 1.807) is 24.4 Å². The highest BCUT2D eigenvalue weighted by Crippen LogP contribution is 2.27. The average Bonchev–Trinajstić information content (AvgIpc) is 3.21. The van der Waals surface area contributed by atoms with Crippen LogP contribution in [0.5, 0.6) is 5.75 Å². The number of carbonyl (C=O) groups excluding carboxylic acids is 1. The van der Waals surface area contributed by atoms with Gasteiger partial charge in [-0.2, -0.15) is 0 Å². The number of pyridine rings is 1. The molecule has 144 valence electrons. The summed E-state index contributed by atoms with van der Waals surface area (Å²) >= 11 is 6.19. The maximum atomic E-state index is 12.2. The Balaban J connectivity index is 1.52. The number of rotatable bonds is 7. The maximum absolute atomic E-state index is 12.2. The molecule has 0 radical (unpaired) electrons.